The number of hydrogen-bond donors (Lipinski definition) is 0. The van der Waals surface area contributed by atoms with E-state index in [-0.39, 0.29) is 24.2 Å². The monoisotopic (exact) mass is 463 g/mol. The maximum absolute atomic E-state index is 12.9. The van der Waals surface area contributed by atoms with E-state index in [9.17, 15) is 9.59 Å². The summed E-state index contributed by atoms with van der Waals surface area (Å²) in [4.78, 5) is 30.1. The Morgan fingerprint density at radius 1 is 1.09 bits per heavy atom. The van der Waals surface area contributed by atoms with Crippen molar-refractivity contribution in [2.75, 3.05) is 19.6 Å². The van der Waals surface area contributed by atoms with Gasteiger partial charge in [-0.15, -0.1) is 0 Å². The number of hydrogen-bond acceptors (Lipinski definition) is 4. The van der Waals surface area contributed by atoms with Crippen molar-refractivity contribution in [2.24, 2.45) is 5.92 Å². The Balaban J connectivity index is 1.39. The lowest BCUT2D eigenvalue weighted by Gasteiger charge is -2.41. The molecular formula is C27H30ClN3O2. The van der Waals surface area contributed by atoms with Gasteiger partial charge in [0.05, 0.1) is 11.6 Å². The van der Waals surface area contributed by atoms with Gasteiger partial charge >= 0.3 is 0 Å². The van der Waals surface area contributed by atoms with Crippen LogP contribution in [0.15, 0.2) is 42.5 Å². The van der Waals surface area contributed by atoms with Crippen LogP contribution < -0.4 is 0 Å². The van der Waals surface area contributed by atoms with Gasteiger partial charge < -0.3 is 4.90 Å². The molecule has 2 aromatic carbocycles. The molecule has 5 nitrogen and oxygen atoms in total. The molecule has 2 fully saturated rings. The summed E-state index contributed by atoms with van der Waals surface area (Å²) in [5.74, 6) is 0.494. The van der Waals surface area contributed by atoms with E-state index >= 15 is 0 Å². The van der Waals surface area contributed by atoms with E-state index in [1.165, 1.54) is 12.8 Å². The third-order valence-corrected chi connectivity index (χ3v) is 7.40. The Morgan fingerprint density at radius 2 is 1.82 bits per heavy atom. The van der Waals surface area contributed by atoms with Crippen LogP contribution in [0.3, 0.4) is 0 Å². The van der Waals surface area contributed by atoms with Crippen molar-refractivity contribution in [2.45, 2.75) is 51.6 Å². The lowest BCUT2D eigenvalue weighted by molar-refractivity contribution is -0.140. The van der Waals surface area contributed by atoms with E-state index in [1.54, 1.807) is 24.3 Å². The minimum atomic E-state index is -0.0567. The molecule has 1 heterocycles. The summed E-state index contributed by atoms with van der Waals surface area (Å²) in [5.41, 5.74) is 2.79. The normalized spacial score (nSPS) is 19.4. The van der Waals surface area contributed by atoms with Crippen molar-refractivity contribution in [3.8, 4) is 6.07 Å². The summed E-state index contributed by atoms with van der Waals surface area (Å²) in [6, 6.07) is 14.9. The van der Waals surface area contributed by atoms with Gasteiger partial charge in [0, 0.05) is 55.1 Å². The summed E-state index contributed by atoms with van der Waals surface area (Å²) in [6.07, 6.45) is 4.61. The fourth-order valence-electron chi connectivity index (χ4n) is 5.08. The summed E-state index contributed by atoms with van der Waals surface area (Å²) >= 11 is 6.72. The number of Topliss-reactive ketones (excluding diaryl/α,β-unsaturated/α-hetero) is 1. The summed E-state index contributed by atoms with van der Waals surface area (Å²) in [7, 11) is 0. The number of halogens is 1. The van der Waals surface area contributed by atoms with Crippen molar-refractivity contribution in [1.82, 2.24) is 9.80 Å². The van der Waals surface area contributed by atoms with Crippen molar-refractivity contribution in [1.29, 1.82) is 5.26 Å². The Kier molecular flexibility index (Phi) is 7.47. The number of nitriles is 1. The number of ketones is 1. The molecule has 0 aromatic heterocycles. The second-order valence-electron chi connectivity index (χ2n) is 9.28. The first-order valence-corrected chi connectivity index (χ1v) is 12.2. The average Bonchev–Trinajstić information content (AvgIpc) is 3.36. The van der Waals surface area contributed by atoms with Gasteiger partial charge in [0.2, 0.25) is 5.91 Å². The fraction of sp³-hybridized carbons (Fsp3) is 0.444. The summed E-state index contributed by atoms with van der Waals surface area (Å²) < 4.78 is 0. The maximum Gasteiger partial charge on any atom is 0.226 e. The lowest BCUT2D eigenvalue weighted by atomic mass is 9.99. The number of nitrogens with zero attached hydrogens (tertiary/aromatic N) is 3. The zero-order chi connectivity index (χ0) is 23.4. The van der Waals surface area contributed by atoms with Crippen LogP contribution >= 0.6 is 11.6 Å². The third-order valence-electron chi connectivity index (χ3n) is 6.92. The van der Waals surface area contributed by atoms with Gasteiger partial charge in [0.1, 0.15) is 0 Å². The molecule has 1 aliphatic carbocycles. The van der Waals surface area contributed by atoms with Crippen molar-refractivity contribution >= 4 is 23.3 Å². The predicted molar refractivity (Wildman–Crippen MR) is 129 cm³/mol. The Bertz CT molecular complexity index is 1070. The van der Waals surface area contributed by atoms with Gasteiger partial charge in [-0.3, -0.25) is 14.5 Å². The Morgan fingerprint density at radius 3 is 2.55 bits per heavy atom. The van der Waals surface area contributed by atoms with E-state index in [1.807, 2.05) is 18.2 Å². The van der Waals surface area contributed by atoms with Crippen LogP contribution in [-0.2, 0) is 17.8 Å². The molecule has 4 rings (SSSR count). The second kappa shape index (κ2) is 10.5. The van der Waals surface area contributed by atoms with Gasteiger partial charge in [0.15, 0.2) is 5.78 Å². The Hall–Kier alpha value is -2.68. The van der Waals surface area contributed by atoms with Gasteiger partial charge in [-0.25, -0.2) is 0 Å². The molecule has 6 heteroatoms. The first-order chi connectivity index (χ1) is 16.0. The fourth-order valence-corrected chi connectivity index (χ4v) is 5.33. The van der Waals surface area contributed by atoms with E-state index < -0.39 is 0 Å². The number of rotatable bonds is 6. The zero-order valence-electron chi connectivity index (χ0n) is 19.1. The molecule has 2 aromatic rings. The highest BCUT2D eigenvalue weighted by atomic mass is 35.5. The molecule has 0 N–H and O–H groups in total. The quantitative estimate of drug-likeness (QED) is 0.574. The van der Waals surface area contributed by atoms with Crippen LogP contribution in [0.4, 0.5) is 0 Å². The van der Waals surface area contributed by atoms with Crippen LogP contribution in [0.1, 0.15) is 59.7 Å². The van der Waals surface area contributed by atoms with Gasteiger partial charge in [-0.1, -0.05) is 54.8 Å². The average molecular weight is 464 g/mol. The molecule has 0 spiro atoms. The minimum absolute atomic E-state index is 0.0567. The molecule has 172 valence electrons. The predicted octanol–water partition coefficient (Wildman–Crippen LogP) is 4.86. The highest BCUT2D eigenvalue weighted by Gasteiger charge is 2.33. The number of piperazine rings is 1. The molecule has 2 aliphatic rings. The van der Waals surface area contributed by atoms with Crippen LogP contribution in [0, 0.1) is 17.2 Å². The first-order valence-electron chi connectivity index (χ1n) is 11.8. The maximum atomic E-state index is 12.9. The van der Waals surface area contributed by atoms with Gasteiger partial charge in [-0.2, -0.15) is 5.26 Å². The minimum Gasteiger partial charge on any atom is -0.337 e. The van der Waals surface area contributed by atoms with E-state index in [4.69, 9.17) is 16.9 Å². The Labute approximate surface area is 200 Å². The van der Waals surface area contributed by atoms with Crippen LogP contribution in [-0.4, -0.2) is 47.2 Å². The molecule has 33 heavy (non-hydrogen) atoms. The highest BCUT2D eigenvalue weighted by molar-refractivity contribution is 6.32. The highest BCUT2D eigenvalue weighted by Crippen LogP contribution is 2.29. The first kappa shape index (κ1) is 23.5. The van der Waals surface area contributed by atoms with Crippen molar-refractivity contribution < 1.29 is 9.59 Å². The molecule has 0 radical (unpaired) electrons. The van der Waals surface area contributed by atoms with Crippen molar-refractivity contribution in [3.63, 3.8) is 0 Å². The molecule has 1 aliphatic heterocycles. The SMILES string of the molecule is C[C@H]1CN(Cc2cccc(CC(=O)c3cccc(C#N)c3)c2Cl)CCN1C(=O)C1CCCC1. The van der Waals surface area contributed by atoms with Gasteiger partial charge in [-0.05, 0) is 43.0 Å². The largest absolute Gasteiger partial charge is 0.337 e. The summed E-state index contributed by atoms with van der Waals surface area (Å²) in [5, 5.41) is 9.71. The summed E-state index contributed by atoms with van der Waals surface area (Å²) in [6.45, 7) is 5.22. The molecule has 1 saturated carbocycles. The van der Waals surface area contributed by atoms with E-state index in [0.29, 0.717) is 28.6 Å². The van der Waals surface area contributed by atoms with Crippen LogP contribution in [0.2, 0.25) is 5.02 Å². The molecule has 0 unspecified atom stereocenters. The number of carbonyl (C=O) groups excluding carboxylic acids is 2. The van der Waals surface area contributed by atoms with Gasteiger partial charge in [0.25, 0.3) is 0 Å². The zero-order valence-corrected chi connectivity index (χ0v) is 19.9. The smallest absolute Gasteiger partial charge is 0.226 e. The molecule has 0 bridgehead atoms. The number of amides is 1. The topological polar surface area (TPSA) is 64.4 Å². The second-order valence-corrected chi connectivity index (χ2v) is 9.66. The third kappa shape index (κ3) is 5.46. The van der Waals surface area contributed by atoms with E-state index in [2.05, 4.69) is 22.8 Å². The van der Waals surface area contributed by atoms with Crippen LogP contribution in [0.5, 0.6) is 0 Å². The molecule has 1 atom stereocenters. The van der Waals surface area contributed by atoms with E-state index in [0.717, 1.165) is 43.6 Å². The van der Waals surface area contributed by atoms with Crippen molar-refractivity contribution in [3.05, 3.63) is 69.7 Å². The molecule has 1 amide bonds. The number of benzene rings is 2. The lowest BCUT2D eigenvalue weighted by Crippen LogP contribution is -2.54. The molecular weight excluding hydrogens is 434 g/mol. The molecule has 1 saturated heterocycles. The number of carbonyl (C=O) groups is 2. The standard InChI is InChI=1S/C27H30ClN3O2/c1-19-17-30(12-13-31(19)27(33)21-7-2-3-8-21)18-24-11-5-10-23(26(24)28)15-25(32)22-9-4-6-20(14-22)16-29/h4-6,9-11,14,19,21H,2-3,7-8,12-13,15,17-18H2,1H3/t19-/m0/s1. The van der Waals surface area contributed by atoms with Crippen LogP contribution in [0.25, 0.3) is 0 Å².